The maximum Gasteiger partial charge on any atom is 0.0720 e. The number of piperidine rings is 1. The van der Waals surface area contributed by atoms with E-state index in [0.717, 1.165) is 31.0 Å². The predicted molar refractivity (Wildman–Crippen MR) is 113 cm³/mol. The van der Waals surface area contributed by atoms with Crippen LogP contribution in [0, 0.1) is 6.42 Å². The van der Waals surface area contributed by atoms with E-state index in [2.05, 4.69) is 35.6 Å². The van der Waals surface area contributed by atoms with Crippen LogP contribution in [0.5, 0.6) is 0 Å². The first kappa shape index (κ1) is 18.8. The smallest absolute Gasteiger partial charge is 0.0720 e. The Hall–Kier alpha value is -1.51. The van der Waals surface area contributed by atoms with E-state index in [9.17, 15) is 0 Å². The molecule has 1 saturated carbocycles. The molecule has 2 aromatic rings. The minimum atomic E-state index is 0.355. The highest BCUT2D eigenvalue weighted by Crippen LogP contribution is 2.33. The minimum absolute atomic E-state index is 0.355. The van der Waals surface area contributed by atoms with Gasteiger partial charge in [0.2, 0.25) is 0 Å². The highest BCUT2D eigenvalue weighted by molar-refractivity contribution is 6.30. The Labute approximate surface area is 168 Å². The summed E-state index contributed by atoms with van der Waals surface area (Å²) in [5, 5.41) is 0.777. The van der Waals surface area contributed by atoms with Gasteiger partial charge in [0.15, 0.2) is 0 Å². The summed E-state index contributed by atoms with van der Waals surface area (Å²) in [6.07, 6.45) is 10.4. The highest BCUT2D eigenvalue weighted by atomic mass is 35.5. The van der Waals surface area contributed by atoms with Gasteiger partial charge in [0.05, 0.1) is 12.7 Å². The van der Waals surface area contributed by atoms with E-state index in [1.165, 1.54) is 42.5 Å². The Kier molecular flexibility index (Phi) is 6.36. The van der Waals surface area contributed by atoms with Crippen molar-refractivity contribution in [1.82, 2.24) is 0 Å². The molecule has 1 saturated heterocycles. The molecule has 0 bridgehead atoms. The second kappa shape index (κ2) is 9.12. The Morgan fingerprint density at radius 1 is 0.889 bits per heavy atom. The number of rotatable bonds is 5. The third-order valence-electron chi connectivity index (χ3n) is 5.95. The summed E-state index contributed by atoms with van der Waals surface area (Å²) in [4.78, 5) is 2.50. The van der Waals surface area contributed by atoms with Gasteiger partial charge in [-0.25, -0.2) is 0 Å². The van der Waals surface area contributed by atoms with Gasteiger partial charge in [-0.2, -0.15) is 0 Å². The largest absolute Gasteiger partial charge is 0.373 e. The second-order valence-electron chi connectivity index (χ2n) is 7.84. The predicted octanol–water partition coefficient (Wildman–Crippen LogP) is 6.39. The van der Waals surface area contributed by atoms with Gasteiger partial charge in [-0.05, 0) is 73.4 Å². The molecule has 0 spiro atoms. The number of nitrogens with zero attached hydrogens (tertiary/aromatic N) is 1. The lowest BCUT2D eigenvalue weighted by Crippen LogP contribution is -2.37. The lowest BCUT2D eigenvalue weighted by molar-refractivity contribution is 0.0251. The van der Waals surface area contributed by atoms with Crippen molar-refractivity contribution in [3.63, 3.8) is 0 Å². The molecule has 1 aliphatic carbocycles. The van der Waals surface area contributed by atoms with E-state index in [-0.39, 0.29) is 0 Å². The molecule has 2 aromatic carbocycles. The Morgan fingerprint density at radius 3 is 2.30 bits per heavy atom. The van der Waals surface area contributed by atoms with Crippen LogP contribution in [0.1, 0.15) is 55.6 Å². The van der Waals surface area contributed by atoms with Crippen LogP contribution in [0.4, 0.5) is 5.69 Å². The van der Waals surface area contributed by atoms with Crippen molar-refractivity contribution in [3.05, 3.63) is 71.1 Å². The molecule has 0 aromatic heterocycles. The average molecular weight is 383 g/mol. The van der Waals surface area contributed by atoms with Crippen molar-refractivity contribution >= 4 is 17.3 Å². The van der Waals surface area contributed by atoms with E-state index < -0.39 is 0 Å². The zero-order valence-electron chi connectivity index (χ0n) is 15.9. The number of hydrogen-bond donors (Lipinski definition) is 0. The van der Waals surface area contributed by atoms with Gasteiger partial charge >= 0.3 is 0 Å². The molecule has 27 heavy (non-hydrogen) atoms. The van der Waals surface area contributed by atoms with Gasteiger partial charge in [0, 0.05) is 23.8 Å². The van der Waals surface area contributed by atoms with Crippen LogP contribution in [0.25, 0.3) is 0 Å². The van der Waals surface area contributed by atoms with Crippen molar-refractivity contribution < 1.29 is 4.74 Å². The summed E-state index contributed by atoms with van der Waals surface area (Å²) in [7, 11) is 0. The normalized spacial score (nSPS) is 19.4. The monoisotopic (exact) mass is 382 g/mol. The molecular formula is C24H29ClNO. The minimum Gasteiger partial charge on any atom is -0.373 e. The van der Waals surface area contributed by atoms with Gasteiger partial charge in [0.1, 0.15) is 0 Å². The lowest BCUT2D eigenvalue weighted by atomic mass is 9.84. The van der Waals surface area contributed by atoms with Crippen LogP contribution in [-0.2, 0) is 11.3 Å². The van der Waals surface area contributed by atoms with Crippen molar-refractivity contribution in [3.8, 4) is 0 Å². The molecule has 0 amide bonds. The SMILES string of the molecule is Clc1ccc(COC2CCN(c3ccc(C4[CH]CCCC4)cc3)CC2)cc1. The van der Waals surface area contributed by atoms with E-state index in [4.69, 9.17) is 16.3 Å². The van der Waals surface area contributed by atoms with E-state index in [1.54, 1.807) is 0 Å². The number of halogens is 1. The van der Waals surface area contributed by atoms with E-state index in [0.29, 0.717) is 18.6 Å². The molecule has 1 aliphatic heterocycles. The van der Waals surface area contributed by atoms with Crippen molar-refractivity contribution in [2.24, 2.45) is 0 Å². The van der Waals surface area contributed by atoms with E-state index >= 15 is 0 Å². The first-order chi connectivity index (χ1) is 13.3. The lowest BCUT2D eigenvalue weighted by Gasteiger charge is -2.34. The topological polar surface area (TPSA) is 12.5 Å². The van der Waals surface area contributed by atoms with Gasteiger partial charge in [0.25, 0.3) is 0 Å². The van der Waals surface area contributed by atoms with Crippen LogP contribution in [0.15, 0.2) is 48.5 Å². The van der Waals surface area contributed by atoms with Crippen LogP contribution >= 0.6 is 11.6 Å². The number of hydrogen-bond acceptors (Lipinski definition) is 2. The third-order valence-corrected chi connectivity index (χ3v) is 6.20. The fraction of sp³-hybridized carbons (Fsp3) is 0.458. The first-order valence-corrected chi connectivity index (χ1v) is 10.7. The molecule has 1 unspecified atom stereocenters. The summed E-state index contributed by atoms with van der Waals surface area (Å²) >= 11 is 5.94. The zero-order valence-corrected chi connectivity index (χ0v) is 16.7. The number of ether oxygens (including phenoxy) is 1. The molecular weight excluding hydrogens is 354 g/mol. The van der Waals surface area contributed by atoms with E-state index in [1.807, 2.05) is 24.3 Å². The fourth-order valence-corrected chi connectivity index (χ4v) is 4.38. The Bertz CT molecular complexity index is 698. The zero-order chi connectivity index (χ0) is 18.5. The number of benzene rings is 2. The quantitative estimate of drug-likeness (QED) is 0.594. The van der Waals surface area contributed by atoms with Crippen LogP contribution in [0.2, 0.25) is 5.02 Å². The molecule has 2 nitrogen and oxygen atoms in total. The summed E-state index contributed by atoms with van der Waals surface area (Å²) in [6, 6.07) is 17.2. The van der Waals surface area contributed by atoms with Crippen molar-refractivity contribution in [2.45, 2.75) is 57.2 Å². The fourth-order valence-electron chi connectivity index (χ4n) is 4.26. The van der Waals surface area contributed by atoms with Crippen LogP contribution in [-0.4, -0.2) is 19.2 Å². The Morgan fingerprint density at radius 2 is 1.63 bits per heavy atom. The molecule has 4 rings (SSSR count). The molecule has 2 aliphatic rings. The average Bonchev–Trinajstić information content (AvgIpc) is 2.75. The maximum absolute atomic E-state index is 6.12. The summed E-state index contributed by atoms with van der Waals surface area (Å²) in [5.74, 6) is 0.666. The number of anilines is 1. The highest BCUT2D eigenvalue weighted by Gasteiger charge is 2.21. The molecule has 1 radical (unpaired) electrons. The molecule has 1 heterocycles. The van der Waals surface area contributed by atoms with Gasteiger partial charge in [-0.3, -0.25) is 0 Å². The van der Waals surface area contributed by atoms with Gasteiger partial charge in [-0.1, -0.05) is 48.7 Å². The molecule has 0 N–H and O–H groups in total. The van der Waals surface area contributed by atoms with Crippen LogP contribution in [0.3, 0.4) is 0 Å². The van der Waals surface area contributed by atoms with Crippen molar-refractivity contribution in [1.29, 1.82) is 0 Å². The van der Waals surface area contributed by atoms with Crippen molar-refractivity contribution in [2.75, 3.05) is 18.0 Å². The molecule has 3 heteroatoms. The maximum atomic E-state index is 6.12. The summed E-state index contributed by atoms with van der Waals surface area (Å²) < 4.78 is 6.12. The first-order valence-electron chi connectivity index (χ1n) is 10.3. The Balaban J connectivity index is 1.25. The second-order valence-corrected chi connectivity index (χ2v) is 8.28. The standard InChI is InChI=1S/C24H29ClNO/c25-22-10-6-19(7-11-22)18-27-24-14-16-26(17-15-24)23-12-8-21(9-13-23)20-4-2-1-3-5-20/h4,6-13,20,24H,1-3,5,14-18H2. The third kappa shape index (κ3) is 5.06. The van der Waals surface area contributed by atoms with Crippen LogP contribution < -0.4 is 4.90 Å². The molecule has 1 atom stereocenters. The molecule has 143 valence electrons. The van der Waals surface area contributed by atoms with Gasteiger partial charge < -0.3 is 9.64 Å². The van der Waals surface area contributed by atoms with Gasteiger partial charge in [-0.15, -0.1) is 0 Å². The summed E-state index contributed by atoms with van der Waals surface area (Å²) in [5.41, 5.74) is 4.03. The summed E-state index contributed by atoms with van der Waals surface area (Å²) in [6.45, 7) is 2.81. The molecule has 2 fully saturated rings.